The summed E-state index contributed by atoms with van der Waals surface area (Å²) >= 11 is -9.67. The molecule has 0 spiro atoms. The first-order valence-electron chi connectivity index (χ1n) is 15.6. The van der Waals surface area contributed by atoms with Gasteiger partial charge in [0.2, 0.25) is 0 Å². The van der Waals surface area contributed by atoms with E-state index in [9.17, 15) is 87.4 Å². The maximum absolute atomic E-state index is 15.0. The summed E-state index contributed by atoms with van der Waals surface area (Å²) in [6, 6.07) is 3.02. The Kier molecular flexibility index (Phi) is 10.7. The maximum atomic E-state index is 15.0. The van der Waals surface area contributed by atoms with Crippen molar-refractivity contribution in [1.29, 1.82) is 0 Å². The molecule has 0 atom stereocenters. The molecular formula is C36H20F18O3STe. The number of hydrogen-bond donors (Lipinski definition) is 0. The molecule has 0 heterocycles. The Balaban J connectivity index is 2.35. The van der Waals surface area contributed by atoms with E-state index in [1.165, 1.54) is 0 Å². The minimum atomic E-state index is -9.67. The predicted octanol–water partition coefficient (Wildman–Crippen LogP) is 9.34. The van der Waals surface area contributed by atoms with Crippen LogP contribution in [-0.2, 0) is 43.5 Å². The van der Waals surface area contributed by atoms with Crippen LogP contribution in [0.25, 0.3) is 0 Å². The van der Waals surface area contributed by atoms with Crippen molar-refractivity contribution in [2.24, 2.45) is 0 Å². The number of benzene rings is 5. The molecule has 320 valence electrons. The Bertz CT molecular complexity index is 2090. The van der Waals surface area contributed by atoms with Crippen molar-refractivity contribution < 1.29 is 90.0 Å². The second-order valence-electron chi connectivity index (χ2n) is 12.5. The zero-order valence-electron chi connectivity index (χ0n) is 28.4. The van der Waals surface area contributed by atoms with Gasteiger partial charge < -0.3 is 0 Å². The first-order valence-corrected chi connectivity index (χ1v) is 23.8. The summed E-state index contributed by atoms with van der Waals surface area (Å²) in [6.45, 7) is 0. The van der Waals surface area contributed by atoms with Gasteiger partial charge in [0, 0.05) is 0 Å². The number of alkyl halides is 18. The van der Waals surface area contributed by atoms with Crippen molar-refractivity contribution in [3.8, 4) is 0 Å². The average molecular weight is 1000 g/mol. The second-order valence-corrected chi connectivity index (χ2v) is 30.1. The summed E-state index contributed by atoms with van der Waals surface area (Å²) in [5.74, 6) is 0. The molecule has 0 saturated carbocycles. The molecule has 5 aromatic carbocycles. The molecule has 0 amide bonds. The van der Waals surface area contributed by atoms with Gasteiger partial charge in [0.25, 0.3) is 0 Å². The van der Waals surface area contributed by atoms with E-state index in [-0.39, 0.29) is 121 Å². The van der Waals surface area contributed by atoms with Gasteiger partial charge in [0.05, 0.1) is 0 Å². The minimum absolute atomic E-state index is 0.0746. The van der Waals surface area contributed by atoms with Gasteiger partial charge in [-0.1, -0.05) is 0 Å². The van der Waals surface area contributed by atoms with E-state index in [1.54, 1.807) is 0 Å². The SMILES string of the molecule is O=S(=O)(O[Te](c1ccc(C(F)(F)F)cc1)(c1ccc(C(F)(F)F)cc1)(c1ccc(C(F)(F)F)cc1)(c1ccc(C(F)(F)F)cc1)c1ccc(C(F)(F)F)cc1)C(F)(F)F. The van der Waals surface area contributed by atoms with Crippen molar-refractivity contribution in [1.82, 2.24) is 0 Å². The van der Waals surface area contributed by atoms with Crippen molar-refractivity contribution >= 4 is 44.0 Å². The van der Waals surface area contributed by atoms with E-state index in [1.807, 2.05) is 0 Å². The van der Waals surface area contributed by atoms with Crippen LogP contribution in [0.3, 0.4) is 0 Å². The molecule has 0 bridgehead atoms. The molecule has 5 aromatic rings. The third kappa shape index (κ3) is 7.00. The van der Waals surface area contributed by atoms with Gasteiger partial charge in [-0.15, -0.1) is 0 Å². The summed E-state index contributed by atoms with van der Waals surface area (Å²) in [7, 11) is -7.53. The summed E-state index contributed by atoms with van der Waals surface area (Å²) in [5, 5.41) is 0. The normalized spacial score (nSPS) is 15.1. The molecule has 3 nitrogen and oxygen atoms in total. The van der Waals surface area contributed by atoms with Crippen LogP contribution in [0, 0.1) is 0 Å². The van der Waals surface area contributed by atoms with Crippen molar-refractivity contribution in [2.45, 2.75) is 36.4 Å². The molecule has 5 rings (SSSR count). The Hall–Kier alpha value is -4.46. The molecular weight excluding hydrogens is 982 g/mol. The quantitative estimate of drug-likeness (QED) is 0.0929. The third-order valence-electron chi connectivity index (χ3n) is 9.29. The number of halogens is 18. The van der Waals surface area contributed by atoms with Gasteiger partial charge in [0.1, 0.15) is 0 Å². The molecule has 0 aliphatic heterocycles. The van der Waals surface area contributed by atoms with Gasteiger partial charge in [0.15, 0.2) is 0 Å². The van der Waals surface area contributed by atoms with E-state index in [4.69, 9.17) is 2.55 Å². The molecule has 0 aliphatic carbocycles. The molecule has 0 aliphatic rings. The van der Waals surface area contributed by atoms with Gasteiger partial charge in [-0.3, -0.25) is 0 Å². The number of hydrogen-bond acceptors (Lipinski definition) is 3. The summed E-state index contributed by atoms with van der Waals surface area (Å²) in [6.07, 6.45) is -26.7. The molecule has 0 saturated heterocycles. The fourth-order valence-corrected chi connectivity index (χ4v) is 34.5. The van der Waals surface area contributed by atoms with Crippen LogP contribution >= 0.6 is 0 Å². The van der Waals surface area contributed by atoms with Crippen LogP contribution < -0.4 is 18.1 Å². The van der Waals surface area contributed by atoms with Crippen LogP contribution in [0.5, 0.6) is 0 Å². The topological polar surface area (TPSA) is 43.4 Å². The summed E-state index contributed by atoms with van der Waals surface area (Å²) in [4.78, 5) is 0. The molecule has 0 N–H and O–H groups in total. The zero-order chi connectivity index (χ0) is 44.5. The van der Waals surface area contributed by atoms with Gasteiger partial charge in [-0.25, -0.2) is 0 Å². The predicted molar refractivity (Wildman–Crippen MR) is 177 cm³/mol. The van der Waals surface area contributed by atoms with Gasteiger partial charge >= 0.3 is 320 Å². The Morgan fingerprint density at radius 2 is 0.458 bits per heavy atom. The van der Waals surface area contributed by atoms with E-state index in [0.717, 1.165) is 0 Å². The Morgan fingerprint density at radius 1 is 0.305 bits per heavy atom. The molecule has 0 fully saturated rings. The van der Waals surface area contributed by atoms with Gasteiger partial charge in [-0.2, -0.15) is 0 Å². The first kappa shape index (κ1) is 45.6. The van der Waals surface area contributed by atoms with Crippen molar-refractivity contribution in [3.05, 3.63) is 149 Å². The van der Waals surface area contributed by atoms with Crippen LogP contribution in [0.2, 0.25) is 0 Å². The van der Waals surface area contributed by atoms with Crippen LogP contribution in [0.15, 0.2) is 121 Å². The molecule has 0 unspecified atom stereocenters. The molecule has 59 heavy (non-hydrogen) atoms. The van der Waals surface area contributed by atoms with Gasteiger partial charge in [-0.05, 0) is 0 Å². The Labute approximate surface area is 318 Å². The Morgan fingerprint density at radius 3 is 0.576 bits per heavy atom. The fourth-order valence-electron chi connectivity index (χ4n) is 6.68. The van der Waals surface area contributed by atoms with E-state index >= 15 is 0 Å². The standard InChI is InChI=1S/C36H20F18O3STe/c37-31(38,39)21-1-11-26(12-2-21)59(57-58(55,56)36(52,53)54,27-13-3-22(4-14-27)32(40,41)42,28-15-5-23(6-16-28)33(43,44)45,29-17-7-24(8-18-29)34(46,47)48)30-19-9-25(10-20-30)35(49,50)51/h1-20H. The zero-order valence-corrected chi connectivity index (χ0v) is 31.5. The number of rotatable bonds is 7. The summed E-state index contributed by atoms with van der Waals surface area (Å²) in [5.41, 5.74) is -15.0. The molecule has 0 radical (unpaired) electrons. The second kappa shape index (κ2) is 13.8. The van der Waals surface area contributed by atoms with E-state index in [2.05, 4.69) is 0 Å². The molecule has 23 heteroatoms. The summed E-state index contributed by atoms with van der Waals surface area (Å²) < 4.78 is 283. The van der Waals surface area contributed by atoms with E-state index < -0.39 is 108 Å². The van der Waals surface area contributed by atoms with Crippen molar-refractivity contribution in [3.63, 3.8) is 0 Å². The monoisotopic (exact) mass is 1000 g/mol. The van der Waals surface area contributed by atoms with Crippen LogP contribution in [0.4, 0.5) is 79.0 Å². The first-order chi connectivity index (χ1) is 26.7. The van der Waals surface area contributed by atoms with E-state index in [0.29, 0.717) is 0 Å². The van der Waals surface area contributed by atoms with Crippen molar-refractivity contribution in [2.75, 3.05) is 0 Å². The van der Waals surface area contributed by atoms with Crippen LogP contribution in [-0.4, -0.2) is 29.8 Å². The third-order valence-corrected chi connectivity index (χ3v) is 34.9. The average Bonchev–Trinajstić information content (AvgIpc) is 3.12. The van der Waals surface area contributed by atoms with Crippen LogP contribution in [0.1, 0.15) is 27.8 Å². The molecule has 0 aromatic heterocycles. The fraction of sp³-hybridized carbons (Fsp3) is 0.167.